The highest BCUT2D eigenvalue weighted by Gasteiger charge is 2.15. The number of nitrogens with zero attached hydrogens (tertiary/aromatic N) is 3. The molecule has 0 amide bonds. The minimum atomic E-state index is -0.275. The minimum absolute atomic E-state index is 0.275. The smallest absolute Gasteiger partial charge is 0.145 e. The van der Waals surface area contributed by atoms with Crippen molar-refractivity contribution in [2.24, 2.45) is 0 Å². The summed E-state index contributed by atoms with van der Waals surface area (Å²) in [7, 11) is 0. The molecule has 2 aromatic carbocycles. The van der Waals surface area contributed by atoms with Crippen LogP contribution in [0.15, 0.2) is 73.2 Å². The molecule has 4 rings (SSSR count). The van der Waals surface area contributed by atoms with Gasteiger partial charge in [-0.05, 0) is 73.4 Å². The normalized spacial score (nSPS) is 11.0. The summed E-state index contributed by atoms with van der Waals surface area (Å²) < 4.78 is 15.9. The second kappa shape index (κ2) is 7.95. The zero-order chi connectivity index (χ0) is 19.5. The highest BCUT2D eigenvalue weighted by Crippen LogP contribution is 2.28. The first-order chi connectivity index (χ1) is 13.6. The van der Waals surface area contributed by atoms with Crippen molar-refractivity contribution in [2.75, 3.05) is 0 Å². The molecule has 0 saturated heterocycles. The van der Waals surface area contributed by atoms with Crippen LogP contribution in [0.25, 0.3) is 17.1 Å². The van der Waals surface area contributed by atoms with Gasteiger partial charge in [0, 0.05) is 34.9 Å². The molecule has 0 fully saturated rings. The summed E-state index contributed by atoms with van der Waals surface area (Å²) in [6, 6.07) is 16.3. The molecular weight excluding hydrogens is 373 g/mol. The third-order valence-corrected chi connectivity index (χ3v) is 4.95. The molecule has 0 unspecified atom stereocenters. The lowest BCUT2D eigenvalue weighted by Crippen LogP contribution is -1.98. The molecule has 140 valence electrons. The number of benzene rings is 2. The molecule has 0 aliphatic rings. The van der Waals surface area contributed by atoms with Gasteiger partial charge in [-0.2, -0.15) is 0 Å². The first-order valence-corrected chi connectivity index (χ1v) is 9.47. The summed E-state index contributed by atoms with van der Waals surface area (Å²) in [6.07, 6.45) is 7.26. The molecule has 28 heavy (non-hydrogen) atoms. The molecule has 3 nitrogen and oxygen atoms in total. The summed E-state index contributed by atoms with van der Waals surface area (Å²) in [5.74, 6) is 0.448. The summed E-state index contributed by atoms with van der Waals surface area (Å²) in [5.41, 5.74) is 4.79. The van der Waals surface area contributed by atoms with Gasteiger partial charge < -0.3 is 0 Å². The van der Waals surface area contributed by atoms with Crippen molar-refractivity contribution >= 4 is 11.6 Å². The van der Waals surface area contributed by atoms with Gasteiger partial charge in [-0.3, -0.25) is 9.55 Å². The molecule has 0 bridgehead atoms. The van der Waals surface area contributed by atoms with Crippen LogP contribution in [0.2, 0.25) is 5.02 Å². The van der Waals surface area contributed by atoms with E-state index in [0.29, 0.717) is 5.02 Å². The van der Waals surface area contributed by atoms with Crippen LogP contribution in [0, 0.1) is 12.7 Å². The Hall–Kier alpha value is -2.98. The van der Waals surface area contributed by atoms with Crippen LogP contribution in [0.1, 0.15) is 16.8 Å². The molecule has 0 aliphatic carbocycles. The summed E-state index contributed by atoms with van der Waals surface area (Å²) in [4.78, 5) is 9.00. The van der Waals surface area contributed by atoms with Crippen molar-refractivity contribution in [3.05, 3.63) is 101 Å². The Kier molecular flexibility index (Phi) is 5.22. The molecule has 0 radical (unpaired) electrons. The molecule has 0 saturated carbocycles. The van der Waals surface area contributed by atoms with E-state index in [2.05, 4.69) is 11.1 Å². The van der Waals surface area contributed by atoms with Gasteiger partial charge in [0.1, 0.15) is 11.6 Å². The highest BCUT2D eigenvalue weighted by molar-refractivity contribution is 6.30. The van der Waals surface area contributed by atoms with Crippen LogP contribution in [0.5, 0.6) is 0 Å². The first kappa shape index (κ1) is 18.4. The lowest BCUT2D eigenvalue weighted by Gasteiger charge is -2.10. The van der Waals surface area contributed by atoms with Crippen LogP contribution in [-0.4, -0.2) is 14.5 Å². The predicted molar refractivity (Wildman–Crippen MR) is 110 cm³/mol. The molecule has 0 atom stereocenters. The Morgan fingerprint density at radius 3 is 2.61 bits per heavy atom. The SMILES string of the molecule is Cc1ccc(F)cc1-c1nc(CCc2cccnc2)cn1-c1ccc(Cl)cc1. The Labute approximate surface area is 168 Å². The lowest BCUT2D eigenvalue weighted by molar-refractivity contribution is 0.627. The molecule has 0 spiro atoms. The van der Waals surface area contributed by atoms with E-state index in [0.717, 1.165) is 46.7 Å². The molecular formula is C23H19ClFN3. The second-order valence-electron chi connectivity index (χ2n) is 6.72. The van der Waals surface area contributed by atoms with Crippen molar-refractivity contribution in [1.29, 1.82) is 0 Å². The number of hydrogen-bond acceptors (Lipinski definition) is 2. The van der Waals surface area contributed by atoms with Gasteiger partial charge in [-0.1, -0.05) is 23.7 Å². The maximum atomic E-state index is 13.9. The summed E-state index contributed by atoms with van der Waals surface area (Å²) >= 11 is 6.04. The number of pyridine rings is 1. The van der Waals surface area contributed by atoms with Gasteiger partial charge >= 0.3 is 0 Å². The molecule has 5 heteroatoms. The molecule has 0 N–H and O–H groups in total. The van der Waals surface area contributed by atoms with Crippen LogP contribution >= 0.6 is 11.6 Å². The number of aromatic nitrogens is 3. The topological polar surface area (TPSA) is 30.7 Å². The van der Waals surface area contributed by atoms with Crippen molar-refractivity contribution in [3.8, 4) is 17.1 Å². The van der Waals surface area contributed by atoms with Crippen LogP contribution < -0.4 is 0 Å². The van der Waals surface area contributed by atoms with Crippen molar-refractivity contribution in [3.63, 3.8) is 0 Å². The van der Waals surface area contributed by atoms with E-state index in [1.54, 1.807) is 12.3 Å². The maximum Gasteiger partial charge on any atom is 0.145 e. The Balaban J connectivity index is 1.75. The van der Waals surface area contributed by atoms with E-state index in [1.165, 1.54) is 12.1 Å². The lowest BCUT2D eigenvalue weighted by atomic mass is 10.1. The molecule has 2 heterocycles. The summed E-state index contributed by atoms with van der Waals surface area (Å²) in [6.45, 7) is 1.96. The average Bonchev–Trinajstić information content (AvgIpc) is 3.14. The summed E-state index contributed by atoms with van der Waals surface area (Å²) in [5, 5.41) is 0.671. The van der Waals surface area contributed by atoms with Crippen LogP contribution in [-0.2, 0) is 12.8 Å². The van der Waals surface area contributed by atoms with Gasteiger partial charge in [-0.15, -0.1) is 0 Å². The van der Waals surface area contributed by atoms with Crippen LogP contribution in [0.3, 0.4) is 0 Å². The predicted octanol–water partition coefficient (Wildman–Crippen LogP) is 5.82. The van der Waals surface area contributed by atoms with E-state index in [1.807, 2.05) is 54.2 Å². The number of rotatable bonds is 5. The Morgan fingerprint density at radius 1 is 1.04 bits per heavy atom. The van der Waals surface area contributed by atoms with Crippen molar-refractivity contribution < 1.29 is 4.39 Å². The quantitative estimate of drug-likeness (QED) is 0.429. The number of imidazole rings is 1. The standard InChI is InChI=1S/C23H19ClFN3/c1-16-4-8-19(25)13-22(16)23-27-20(9-5-17-3-2-12-26-14-17)15-28(23)21-10-6-18(24)7-11-21/h2-4,6-8,10-15H,5,9H2,1H3. The third-order valence-electron chi connectivity index (χ3n) is 4.69. The third kappa shape index (κ3) is 3.97. The fraction of sp³-hybridized carbons (Fsp3) is 0.130. The zero-order valence-corrected chi connectivity index (χ0v) is 16.2. The van der Waals surface area contributed by atoms with Gasteiger partial charge in [0.25, 0.3) is 0 Å². The maximum absolute atomic E-state index is 13.9. The van der Waals surface area contributed by atoms with E-state index >= 15 is 0 Å². The van der Waals surface area contributed by atoms with Crippen LogP contribution in [0.4, 0.5) is 4.39 Å². The Bertz CT molecular complexity index is 1090. The number of aryl methyl sites for hydroxylation is 3. The van der Waals surface area contributed by atoms with Gasteiger partial charge in [-0.25, -0.2) is 9.37 Å². The minimum Gasteiger partial charge on any atom is -0.300 e. The number of halogens is 2. The molecule has 0 aliphatic heterocycles. The van der Waals surface area contributed by atoms with Crippen molar-refractivity contribution in [2.45, 2.75) is 19.8 Å². The fourth-order valence-corrected chi connectivity index (χ4v) is 3.32. The molecule has 4 aromatic rings. The second-order valence-corrected chi connectivity index (χ2v) is 7.16. The van der Waals surface area contributed by atoms with E-state index in [-0.39, 0.29) is 5.82 Å². The first-order valence-electron chi connectivity index (χ1n) is 9.10. The molecule has 2 aromatic heterocycles. The van der Waals surface area contributed by atoms with E-state index < -0.39 is 0 Å². The van der Waals surface area contributed by atoms with E-state index in [4.69, 9.17) is 16.6 Å². The monoisotopic (exact) mass is 391 g/mol. The number of hydrogen-bond donors (Lipinski definition) is 0. The Morgan fingerprint density at radius 2 is 1.86 bits per heavy atom. The zero-order valence-electron chi connectivity index (χ0n) is 15.4. The van der Waals surface area contributed by atoms with Gasteiger partial charge in [0.2, 0.25) is 0 Å². The van der Waals surface area contributed by atoms with Crippen molar-refractivity contribution in [1.82, 2.24) is 14.5 Å². The fourth-order valence-electron chi connectivity index (χ4n) is 3.19. The largest absolute Gasteiger partial charge is 0.300 e. The highest BCUT2D eigenvalue weighted by atomic mass is 35.5. The van der Waals surface area contributed by atoms with Gasteiger partial charge in [0.05, 0.1) is 5.69 Å². The van der Waals surface area contributed by atoms with E-state index in [9.17, 15) is 4.39 Å². The van der Waals surface area contributed by atoms with Gasteiger partial charge in [0.15, 0.2) is 0 Å². The average molecular weight is 392 g/mol.